The number of hydrogen-bond donors (Lipinski definition) is 1. The molecule has 0 aliphatic heterocycles. The van der Waals surface area contributed by atoms with Gasteiger partial charge >= 0.3 is 0 Å². The molecule has 0 spiro atoms. The highest BCUT2D eigenvalue weighted by molar-refractivity contribution is 5.86. The molecule has 4 rings (SSSR count). The minimum absolute atomic E-state index is 0. The van der Waals surface area contributed by atoms with Gasteiger partial charge in [-0.15, -0.1) is 0 Å². The van der Waals surface area contributed by atoms with Gasteiger partial charge in [-0.25, -0.2) is 9.97 Å². The summed E-state index contributed by atoms with van der Waals surface area (Å²) in [6, 6.07) is 26.5. The zero-order valence-electron chi connectivity index (χ0n) is 15.4. The number of para-hydroxylation sites is 2. The Labute approximate surface area is 165 Å². The summed E-state index contributed by atoms with van der Waals surface area (Å²) >= 11 is 0. The van der Waals surface area contributed by atoms with Crippen LogP contribution in [0.5, 0.6) is 0 Å². The number of benzene rings is 3. The number of nitrogens with two attached hydrogens (primary N) is 1. The highest BCUT2D eigenvalue weighted by Gasteiger charge is 2.16. The lowest BCUT2D eigenvalue weighted by Gasteiger charge is -2.19. The molecule has 3 nitrogen and oxygen atoms in total. The van der Waals surface area contributed by atoms with E-state index in [0.717, 1.165) is 39.1 Å². The van der Waals surface area contributed by atoms with E-state index >= 15 is 0 Å². The molecule has 0 atom stereocenters. The van der Waals surface area contributed by atoms with Crippen molar-refractivity contribution in [3.8, 4) is 22.5 Å². The lowest BCUT2D eigenvalue weighted by molar-refractivity contribution is -0.00000575. The highest BCUT2D eigenvalue weighted by Crippen LogP contribution is 2.31. The third-order valence-corrected chi connectivity index (χ3v) is 4.52. The molecule has 0 aliphatic rings. The quantitative estimate of drug-likeness (QED) is 0.598. The molecule has 1 aromatic heterocycles. The third-order valence-electron chi connectivity index (χ3n) is 4.52. The molecule has 27 heavy (non-hydrogen) atoms. The number of hydrogen-bond acceptors (Lipinski definition) is 3. The van der Waals surface area contributed by atoms with Gasteiger partial charge in [-0.3, -0.25) is 0 Å². The Morgan fingerprint density at radius 1 is 0.630 bits per heavy atom. The predicted octanol–water partition coefficient (Wildman–Crippen LogP) is 2.16. The van der Waals surface area contributed by atoms with Gasteiger partial charge < -0.3 is 18.1 Å². The summed E-state index contributed by atoms with van der Waals surface area (Å²) in [6.45, 7) is 4.01. The van der Waals surface area contributed by atoms with E-state index in [2.05, 4.69) is 36.4 Å². The van der Waals surface area contributed by atoms with Crippen molar-refractivity contribution in [2.75, 3.05) is 0 Å². The van der Waals surface area contributed by atoms with Crippen molar-refractivity contribution in [3.63, 3.8) is 0 Å². The minimum Gasteiger partial charge on any atom is -1.00 e. The van der Waals surface area contributed by atoms with E-state index in [4.69, 9.17) is 15.7 Å². The van der Waals surface area contributed by atoms with Crippen LogP contribution in [-0.4, -0.2) is 9.97 Å². The van der Waals surface area contributed by atoms with Crippen LogP contribution in [0.3, 0.4) is 0 Å². The maximum absolute atomic E-state index is 6.21. The van der Waals surface area contributed by atoms with Crippen LogP contribution < -0.4 is 18.1 Å². The smallest absolute Gasteiger partial charge is 0.0973 e. The minimum atomic E-state index is -0.365. The van der Waals surface area contributed by atoms with Gasteiger partial charge in [-0.2, -0.15) is 0 Å². The van der Waals surface area contributed by atoms with E-state index < -0.39 is 0 Å². The van der Waals surface area contributed by atoms with Crippen LogP contribution >= 0.6 is 0 Å². The van der Waals surface area contributed by atoms with Gasteiger partial charge in [-0.1, -0.05) is 66.7 Å². The number of halogens is 1. The van der Waals surface area contributed by atoms with Crippen LogP contribution in [0.1, 0.15) is 19.4 Å². The second kappa shape index (κ2) is 7.47. The monoisotopic (exact) mass is 374 g/mol. The first-order valence-corrected chi connectivity index (χ1v) is 8.74. The third kappa shape index (κ3) is 3.85. The molecule has 3 aromatic carbocycles. The van der Waals surface area contributed by atoms with Crippen molar-refractivity contribution in [1.82, 2.24) is 9.97 Å². The first kappa shape index (κ1) is 19.0. The first-order valence-electron chi connectivity index (χ1n) is 8.74. The van der Waals surface area contributed by atoms with E-state index in [9.17, 15) is 0 Å². The molecule has 2 N–H and O–H groups in total. The van der Waals surface area contributed by atoms with Gasteiger partial charge in [0.2, 0.25) is 0 Å². The number of nitrogens with zero attached hydrogens (tertiary/aromatic N) is 2. The van der Waals surface area contributed by atoms with Crippen LogP contribution in [0.2, 0.25) is 0 Å². The van der Waals surface area contributed by atoms with Gasteiger partial charge in [0, 0.05) is 16.7 Å². The molecule has 0 saturated heterocycles. The average molecular weight is 375 g/mol. The van der Waals surface area contributed by atoms with Crippen molar-refractivity contribution in [1.29, 1.82) is 0 Å². The molecule has 0 radical (unpaired) electrons. The van der Waals surface area contributed by atoms with E-state index in [1.807, 2.05) is 56.3 Å². The summed E-state index contributed by atoms with van der Waals surface area (Å²) in [5, 5.41) is 0. The van der Waals surface area contributed by atoms with Crippen molar-refractivity contribution in [3.05, 3.63) is 84.4 Å². The lowest BCUT2D eigenvalue weighted by Crippen LogP contribution is -3.00. The van der Waals surface area contributed by atoms with Crippen LogP contribution in [-0.2, 0) is 5.54 Å². The Balaban J connectivity index is 0.00000210. The molecule has 4 heteroatoms. The maximum Gasteiger partial charge on any atom is 0.0973 e. The van der Waals surface area contributed by atoms with E-state index in [1.54, 1.807) is 0 Å². The summed E-state index contributed by atoms with van der Waals surface area (Å²) in [7, 11) is 0. The predicted molar refractivity (Wildman–Crippen MR) is 108 cm³/mol. The summed E-state index contributed by atoms with van der Waals surface area (Å²) in [5.41, 5.74) is 12.6. The van der Waals surface area contributed by atoms with Gasteiger partial charge in [0.25, 0.3) is 0 Å². The lowest BCUT2D eigenvalue weighted by atomic mass is 9.93. The number of rotatable bonds is 3. The zero-order valence-corrected chi connectivity index (χ0v) is 16.1. The van der Waals surface area contributed by atoms with E-state index in [1.165, 1.54) is 0 Å². The average Bonchev–Trinajstić information content (AvgIpc) is 2.67. The van der Waals surface area contributed by atoms with Gasteiger partial charge in [0.15, 0.2) is 0 Å². The van der Waals surface area contributed by atoms with Crippen LogP contribution in [0.25, 0.3) is 33.5 Å². The summed E-state index contributed by atoms with van der Waals surface area (Å²) in [4.78, 5) is 9.83. The normalized spacial score (nSPS) is 11.2. The van der Waals surface area contributed by atoms with Crippen LogP contribution in [0, 0.1) is 0 Å². The molecule has 0 unspecified atom stereocenters. The largest absolute Gasteiger partial charge is 1.00 e. The van der Waals surface area contributed by atoms with Crippen molar-refractivity contribution < 1.29 is 12.4 Å². The van der Waals surface area contributed by atoms with Crippen LogP contribution in [0.15, 0.2) is 78.9 Å². The van der Waals surface area contributed by atoms with Crippen molar-refractivity contribution in [2.45, 2.75) is 19.4 Å². The molecule has 0 bridgehead atoms. The second-order valence-electron chi connectivity index (χ2n) is 7.07. The van der Waals surface area contributed by atoms with Crippen molar-refractivity contribution >= 4 is 11.0 Å². The van der Waals surface area contributed by atoms with Gasteiger partial charge in [0.1, 0.15) is 0 Å². The second-order valence-corrected chi connectivity index (χ2v) is 7.07. The summed E-state index contributed by atoms with van der Waals surface area (Å²) in [5.74, 6) is 0. The fraction of sp³-hybridized carbons (Fsp3) is 0.130. The highest BCUT2D eigenvalue weighted by atomic mass is 35.5. The fourth-order valence-electron chi connectivity index (χ4n) is 3.06. The Kier molecular flexibility index (Phi) is 5.26. The SMILES string of the molecule is CC(C)(N)c1ccc(-c2nc3ccccc3nc2-c2ccccc2)cc1.[Cl-]. The molecule has 0 aliphatic carbocycles. The molecule has 136 valence electrons. The van der Waals surface area contributed by atoms with Gasteiger partial charge in [0.05, 0.1) is 22.4 Å². The van der Waals surface area contributed by atoms with Gasteiger partial charge in [-0.05, 0) is 31.5 Å². The molecule has 1 heterocycles. The zero-order chi connectivity index (χ0) is 18.1. The van der Waals surface area contributed by atoms with Crippen molar-refractivity contribution in [2.24, 2.45) is 5.73 Å². The topological polar surface area (TPSA) is 51.8 Å². The fourth-order valence-corrected chi connectivity index (χ4v) is 3.06. The Morgan fingerprint density at radius 2 is 1.07 bits per heavy atom. The maximum atomic E-state index is 6.21. The number of fused-ring (bicyclic) bond motifs is 1. The molecular formula is C23H21ClN3-. The number of aromatic nitrogens is 2. The first-order chi connectivity index (χ1) is 12.5. The standard InChI is InChI=1S/C23H21N3.ClH/c1-23(2,24)18-14-12-17(13-15-18)22-21(16-8-4-3-5-9-16)25-19-10-6-7-11-20(19)26-22;/h3-15H,24H2,1-2H3;1H/p-1. The molecular weight excluding hydrogens is 354 g/mol. The molecule has 0 saturated carbocycles. The molecule has 0 amide bonds. The molecule has 0 fully saturated rings. The Morgan fingerprint density at radius 3 is 1.56 bits per heavy atom. The summed E-state index contributed by atoms with van der Waals surface area (Å²) < 4.78 is 0. The van der Waals surface area contributed by atoms with Crippen LogP contribution in [0.4, 0.5) is 0 Å². The Hall–Kier alpha value is -2.75. The van der Waals surface area contributed by atoms with E-state index in [-0.39, 0.29) is 17.9 Å². The Bertz CT molecular complexity index is 1050. The molecule has 4 aromatic rings. The van der Waals surface area contributed by atoms with E-state index in [0.29, 0.717) is 0 Å². The summed E-state index contributed by atoms with van der Waals surface area (Å²) in [6.07, 6.45) is 0.